The number of amides is 1. The lowest BCUT2D eigenvalue weighted by atomic mass is 9.95. The van der Waals surface area contributed by atoms with Crippen molar-refractivity contribution >= 4 is 5.91 Å². The fourth-order valence-electron chi connectivity index (χ4n) is 3.63. The van der Waals surface area contributed by atoms with Gasteiger partial charge in [0.25, 0.3) is 0 Å². The molecular formula is C23H25FN4O. The van der Waals surface area contributed by atoms with Crippen LogP contribution in [0.15, 0.2) is 67.1 Å². The van der Waals surface area contributed by atoms with Gasteiger partial charge in [0.1, 0.15) is 5.82 Å². The molecule has 0 saturated heterocycles. The molecule has 0 spiro atoms. The quantitative estimate of drug-likeness (QED) is 0.619. The number of aromatic nitrogens is 2. The number of hydrogen-bond donors (Lipinski definition) is 2. The fourth-order valence-corrected chi connectivity index (χ4v) is 3.63. The third kappa shape index (κ3) is 4.71. The van der Waals surface area contributed by atoms with E-state index >= 15 is 0 Å². The molecule has 0 unspecified atom stereocenters. The highest BCUT2D eigenvalue weighted by Crippen LogP contribution is 2.47. The van der Waals surface area contributed by atoms with Crippen molar-refractivity contribution in [3.05, 3.63) is 89.8 Å². The van der Waals surface area contributed by atoms with E-state index < -0.39 is 6.04 Å². The van der Waals surface area contributed by atoms with Gasteiger partial charge < -0.3 is 15.6 Å². The molecule has 1 atom stereocenters. The number of nitrogens with two attached hydrogens (primary N) is 1. The molecule has 6 heteroatoms. The summed E-state index contributed by atoms with van der Waals surface area (Å²) in [5.41, 5.74) is 8.85. The number of carbonyl (C=O) groups is 1. The fraction of sp³-hybridized carbons (Fsp3) is 0.304. The van der Waals surface area contributed by atoms with Crippen molar-refractivity contribution in [2.24, 2.45) is 5.73 Å². The van der Waals surface area contributed by atoms with Crippen LogP contribution in [0.2, 0.25) is 0 Å². The second-order valence-electron chi connectivity index (χ2n) is 7.84. The van der Waals surface area contributed by atoms with E-state index in [4.69, 9.17) is 5.73 Å². The SMILES string of the molecule is N[C@@H](Cc1cn(Cc2ccccc2)cn1)C(=O)NCC1(c2cccc(F)c2)CC1. The molecule has 2 aromatic carbocycles. The summed E-state index contributed by atoms with van der Waals surface area (Å²) < 4.78 is 15.5. The second kappa shape index (κ2) is 8.17. The number of benzene rings is 2. The van der Waals surface area contributed by atoms with Gasteiger partial charge in [-0.15, -0.1) is 0 Å². The lowest BCUT2D eigenvalue weighted by molar-refractivity contribution is -0.122. The van der Waals surface area contributed by atoms with E-state index in [2.05, 4.69) is 22.4 Å². The van der Waals surface area contributed by atoms with Gasteiger partial charge in [0, 0.05) is 31.1 Å². The minimum Gasteiger partial charge on any atom is -0.354 e. The minimum atomic E-state index is -0.668. The Hall–Kier alpha value is -2.99. The number of nitrogens with one attached hydrogen (secondary N) is 1. The van der Waals surface area contributed by atoms with Crippen LogP contribution in [0.1, 0.15) is 29.7 Å². The lowest BCUT2D eigenvalue weighted by Crippen LogP contribution is -2.44. The van der Waals surface area contributed by atoms with Crippen LogP contribution in [0.3, 0.4) is 0 Å². The Morgan fingerprint density at radius 3 is 2.72 bits per heavy atom. The molecule has 0 radical (unpaired) electrons. The molecule has 4 rings (SSSR count). The minimum absolute atomic E-state index is 0.158. The number of nitrogens with zero attached hydrogens (tertiary/aromatic N) is 2. The van der Waals surface area contributed by atoms with Gasteiger partial charge in [-0.25, -0.2) is 9.37 Å². The Kier molecular flexibility index (Phi) is 5.45. The summed E-state index contributed by atoms with van der Waals surface area (Å²) >= 11 is 0. The van der Waals surface area contributed by atoms with E-state index in [1.807, 2.05) is 35.0 Å². The first kappa shape index (κ1) is 19.3. The maximum Gasteiger partial charge on any atom is 0.237 e. The molecule has 1 amide bonds. The molecule has 1 heterocycles. The summed E-state index contributed by atoms with van der Waals surface area (Å²) in [5, 5.41) is 2.95. The smallest absolute Gasteiger partial charge is 0.237 e. The van der Waals surface area contributed by atoms with E-state index in [9.17, 15) is 9.18 Å². The molecule has 0 bridgehead atoms. The summed E-state index contributed by atoms with van der Waals surface area (Å²) in [5.74, 6) is -0.451. The van der Waals surface area contributed by atoms with Crippen molar-refractivity contribution in [3.63, 3.8) is 0 Å². The summed E-state index contributed by atoms with van der Waals surface area (Å²) in [7, 11) is 0. The molecule has 1 aliphatic rings. The van der Waals surface area contributed by atoms with Gasteiger partial charge >= 0.3 is 0 Å². The maximum atomic E-state index is 13.5. The van der Waals surface area contributed by atoms with Crippen LogP contribution in [0, 0.1) is 5.82 Å². The second-order valence-corrected chi connectivity index (χ2v) is 7.84. The van der Waals surface area contributed by atoms with Gasteiger partial charge in [0.15, 0.2) is 0 Å². The van der Waals surface area contributed by atoms with Gasteiger partial charge in [0.05, 0.1) is 18.1 Å². The highest BCUT2D eigenvalue weighted by Gasteiger charge is 2.44. The van der Waals surface area contributed by atoms with Gasteiger partial charge in [-0.3, -0.25) is 4.79 Å². The highest BCUT2D eigenvalue weighted by molar-refractivity contribution is 5.81. The molecular weight excluding hydrogens is 367 g/mol. The molecule has 5 nitrogen and oxygen atoms in total. The predicted octanol–water partition coefficient (Wildman–Crippen LogP) is 2.79. The molecule has 3 aromatic rings. The Bertz CT molecular complexity index is 981. The summed E-state index contributed by atoms with van der Waals surface area (Å²) in [6, 6.07) is 16.1. The monoisotopic (exact) mass is 392 g/mol. The average molecular weight is 392 g/mol. The van der Waals surface area contributed by atoms with Gasteiger partial charge in [0.2, 0.25) is 5.91 Å². The van der Waals surface area contributed by atoms with Crippen LogP contribution >= 0.6 is 0 Å². The molecule has 1 saturated carbocycles. The predicted molar refractivity (Wildman–Crippen MR) is 110 cm³/mol. The van der Waals surface area contributed by atoms with Crippen molar-refractivity contribution in [3.8, 4) is 0 Å². The largest absolute Gasteiger partial charge is 0.354 e. The van der Waals surface area contributed by atoms with E-state index in [1.165, 1.54) is 11.6 Å². The summed E-state index contributed by atoms with van der Waals surface area (Å²) in [4.78, 5) is 16.8. The maximum absolute atomic E-state index is 13.5. The lowest BCUT2D eigenvalue weighted by Gasteiger charge is -2.18. The Morgan fingerprint density at radius 1 is 1.21 bits per heavy atom. The van der Waals surface area contributed by atoms with E-state index in [0.29, 0.717) is 13.0 Å². The number of imidazole rings is 1. The number of rotatable bonds is 8. The molecule has 1 aromatic heterocycles. The Morgan fingerprint density at radius 2 is 2.00 bits per heavy atom. The molecule has 1 fully saturated rings. The van der Waals surface area contributed by atoms with Crippen LogP contribution in [0.25, 0.3) is 0 Å². The van der Waals surface area contributed by atoms with Crippen LogP contribution in [-0.2, 0) is 23.2 Å². The molecule has 150 valence electrons. The Labute approximate surface area is 169 Å². The molecule has 3 N–H and O–H groups in total. The van der Waals surface area contributed by atoms with Crippen molar-refractivity contribution in [1.29, 1.82) is 0 Å². The average Bonchev–Trinajstić information content (AvgIpc) is 3.40. The normalized spacial score (nSPS) is 15.7. The standard InChI is InChI=1S/C23H25FN4O/c24-19-8-4-7-18(11-19)23(9-10-23)15-26-22(29)21(25)12-20-14-28(16-27-20)13-17-5-2-1-3-6-17/h1-8,11,14,16,21H,9-10,12-13,15,25H2,(H,26,29)/t21-/m0/s1. The first-order chi connectivity index (χ1) is 14.0. The van der Waals surface area contributed by atoms with Crippen LogP contribution in [0.5, 0.6) is 0 Å². The molecule has 29 heavy (non-hydrogen) atoms. The molecule has 1 aliphatic carbocycles. The van der Waals surface area contributed by atoms with Crippen molar-refractivity contribution in [2.75, 3.05) is 6.54 Å². The molecule has 0 aliphatic heterocycles. The van der Waals surface area contributed by atoms with E-state index in [-0.39, 0.29) is 17.1 Å². The summed E-state index contributed by atoms with van der Waals surface area (Å²) in [6.07, 6.45) is 5.94. The first-order valence-electron chi connectivity index (χ1n) is 9.88. The zero-order chi connectivity index (χ0) is 20.3. The van der Waals surface area contributed by atoms with Gasteiger partial charge in [-0.05, 0) is 36.1 Å². The zero-order valence-electron chi connectivity index (χ0n) is 16.2. The zero-order valence-corrected chi connectivity index (χ0v) is 16.2. The number of carbonyl (C=O) groups excluding carboxylic acids is 1. The topological polar surface area (TPSA) is 72.9 Å². The van der Waals surface area contributed by atoms with Crippen LogP contribution < -0.4 is 11.1 Å². The van der Waals surface area contributed by atoms with Crippen molar-refractivity contribution in [1.82, 2.24) is 14.9 Å². The van der Waals surface area contributed by atoms with Crippen LogP contribution in [0.4, 0.5) is 4.39 Å². The van der Waals surface area contributed by atoms with E-state index in [0.717, 1.165) is 30.6 Å². The van der Waals surface area contributed by atoms with E-state index in [1.54, 1.807) is 18.5 Å². The third-order valence-corrected chi connectivity index (χ3v) is 5.55. The summed E-state index contributed by atoms with van der Waals surface area (Å²) in [6.45, 7) is 1.21. The number of halogens is 1. The third-order valence-electron chi connectivity index (χ3n) is 5.55. The van der Waals surface area contributed by atoms with Gasteiger partial charge in [-0.1, -0.05) is 42.5 Å². The van der Waals surface area contributed by atoms with Crippen LogP contribution in [-0.4, -0.2) is 28.0 Å². The first-order valence-corrected chi connectivity index (χ1v) is 9.88. The van der Waals surface area contributed by atoms with Crippen molar-refractivity contribution < 1.29 is 9.18 Å². The van der Waals surface area contributed by atoms with Gasteiger partial charge in [-0.2, -0.15) is 0 Å². The highest BCUT2D eigenvalue weighted by atomic mass is 19.1. The van der Waals surface area contributed by atoms with Crippen molar-refractivity contribution in [2.45, 2.75) is 37.3 Å². The Balaban J connectivity index is 1.30. The number of hydrogen-bond acceptors (Lipinski definition) is 3.